The van der Waals surface area contributed by atoms with E-state index in [4.69, 9.17) is 14.2 Å². The molecule has 2 rings (SSSR count). The van der Waals surface area contributed by atoms with Crippen LogP contribution in [0.1, 0.15) is 28.4 Å². The molecule has 0 saturated heterocycles. The van der Waals surface area contributed by atoms with Crippen LogP contribution in [-0.2, 0) is 18.0 Å². The van der Waals surface area contributed by atoms with Crippen molar-refractivity contribution < 1.29 is 19.0 Å². The number of benzene rings is 2. The van der Waals surface area contributed by atoms with E-state index >= 15 is 0 Å². The van der Waals surface area contributed by atoms with E-state index in [9.17, 15) is 4.79 Å². The molecule has 116 valence electrons. The van der Waals surface area contributed by atoms with Gasteiger partial charge in [-0.3, -0.25) is 4.79 Å². The highest BCUT2D eigenvalue weighted by Gasteiger charge is 2.15. The monoisotopic (exact) mass is 300 g/mol. The third kappa shape index (κ3) is 3.86. The van der Waals surface area contributed by atoms with Crippen LogP contribution in [0.2, 0.25) is 0 Å². The first-order chi connectivity index (χ1) is 10.8. The van der Waals surface area contributed by atoms with E-state index in [2.05, 4.69) is 0 Å². The van der Waals surface area contributed by atoms with Crippen molar-refractivity contribution in [2.45, 2.75) is 20.1 Å². The van der Waals surface area contributed by atoms with Gasteiger partial charge in [0, 0.05) is 6.61 Å². The number of methoxy groups -OCH3 is 1. The summed E-state index contributed by atoms with van der Waals surface area (Å²) in [5.41, 5.74) is 2.29. The Morgan fingerprint density at radius 3 is 2.45 bits per heavy atom. The standard InChI is InChI=1S/C18H20O4/c1-3-21-13-15-9-10-17(20-2)18(16(15)11-19)22-12-14-7-5-4-6-8-14/h4-11H,3,12-13H2,1-2H3. The summed E-state index contributed by atoms with van der Waals surface area (Å²) in [7, 11) is 1.56. The Labute approximate surface area is 130 Å². The Morgan fingerprint density at radius 1 is 1.05 bits per heavy atom. The fourth-order valence-corrected chi connectivity index (χ4v) is 2.13. The van der Waals surface area contributed by atoms with Gasteiger partial charge in [-0.1, -0.05) is 36.4 Å². The van der Waals surface area contributed by atoms with Crippen LogP contribution in [0.4, 0.5) is 0 Å². The number of hydrogen-bond acceptors (Lipinski definition) is 4. The molecule has 0 atom stereocenters. The van der Waals surface area contributed by atoms with Gasteiger partial charge in [-0.2, -0.15) is 0 Å². The molecule has 0 unspecified atom stereocenters. The molecule has 22 heavy (non-hydrogen) atoms. The first-order valence-corrected chi connectivity index (χ1v) is 7.19. The summed E-state index contributed by atoms with van der Waals surface area (Å²) in [4.78, 5) is 11.5. The van der Waals surface area contributed by atoms with Crippen LogP contribution in [-0.4, -0.2) is 20.0 Å². The van der Waals surface area contributed by atoms with E-state index in [1.54, 1.807) is 13.2 Å². The van der Waals surface area contributed by atoms with Gasteiger partial charge in [-0.05, 0) is 24.1 Å². The quantitative estimate of drug-likeness (QED) is 0.698. The van der Waals surface area contributed by atoms with Crippen molar-refractivity contribution in [1.29, 1.82) is 0 Å². The van der Waals surface area contributed by atoms with Crippen molar-refractivity contribution in [1.82, 2.24) is 0 Å². The smallest absolute Gasteiger partial charge is 0.172 e. The van der Waals surface area contributed by atoms with Crippen molar-refractivity contribution in [3.8, 4) is 11.5 Å². The number of aldehydes is 1. The summed E-state index contributed by atoms with van der Waals surface area (Å²) in [5, 5.41) is 0. The molecular weight excluding hydrogens is 280 g/mol. The molecule has 0 bridgehead atoms. The average Bonchev–Trinajstić information content (AvgIpc) is 2.58. The van der Waals surface area contributed by atoms with E-state index in [0.717, 1.165) is 17.4 Å². The summed E-state index contributed by atoms with van der Waals surface area (Å²) in [5.74, 6) is 0.997. The maximum Gasteiger partial charge on any atom is 0.172 e. The van der Waals surface area contributed by atoms with Crippen LogP contribution in [0.15, 0.2) is 42.5 Å². The average molecular weight is 300 g/mol. The van der Waals surface area contributed by atoms with Crippen molar-refractivity contribution in [2.24, 2.45) is 0 Å². The predicted octanol–water partition coefficient (Wildman–Crippen LogP) is 3.62. The first kappa shape index (κ1) is 16.0. The minimum absolute atomic E-state index is 0.371. The summed E-state index contributed by atoms with van der Waals surface area (Å²) in [6, 6.07) is 13.4. The highest BCUT2D eigenvalue weighted by molar-refractivity contribution is 5.83. The second kappa shape index (κ2) is 8.20. The number of hydrogen-bond donors (Lipinski definition) is 0. The number of rotatable bonds is 8. The van der Waals surface area contributed by atoms with Gasteiger partial charge in [0.25, 0.3) is 0 Å². The molecular formula is C18H20O4. The van der Waals surface area contributed by atoms with Crippen molar-refractivity contribution in [3.63, 3.8) is 0 Å². The zero-order valence-corrected chi connectivity index (χ0v) is 12.9. The molecule has 0 saturated carbocycles. The first-order valence-electron chi connectivity index (χ1n) is 7.19. The molecule has 4 heteroatoms. The summed E-state index contributed by atoms with van der Waals surface area (Å²) in [6.07, 6.45) is 0.789. The second-order valence-corrected chi connectivity index (χ2v) is 4.70. The highest BCUT2D eigenvalue weighted by Crippen LogP contribution is 2.33. The molecule has 2 aromatic carbocycles. The molecule has 0 heterocycles. The molecule has 2 aromatic rings. The van der Waals surface area contributed by atoms with Gasteiger partial charge >= 0.3 is 0 Å². The molecule has 4 nitrogen and oxygen atoms in total. The number of carbonyl (C=O) groups excluding carboxylic acids is 1. The Morgan fingerprint density at radius 2 is 1.82 bits per heavy atom. The Bertz CT molecular complexity index is 608. The van der Waals surface area contributed by atoms with Crippen LogP contribution < -0.4 is 9.47 Å². The maximum absolute atomic E-state index is 11.5. The zero-order chi connectivity index (χ0) is 15.8. The van der Waals surface area contributed by atoms with Gasteiger partial charge in [0.15, 0.2) is 17.8 Å². The summed E-state index contributed by atoms with van der Waals surface area (Å²) in [6.45, 7) is 3.24. The molecule has 0 amide bonds. The zero-order valence-electron chi connectivity index (χ0n) is 12.9. The Kier molecular flexibility index (Phi) is 5.98. The van der Waals surface area contributed by atoms with Crippen LogP contribution in [0.25, 0.3) is 0 Å². The maximum atomic E-state index is 11.5. The number of ether oxygens (including phenoxy) is 3. The van der Waals surface area contributed by atoms with Crippen molar-refractivity contribution in [2.75, 3.05) is 13.7 Å². The molecule has 0 aromatic heterocycles. The van der Waals surface area contributed by atoms with Gasteiger partial charge in [0.05, 0.1) is 19.3 Å². The number of carbonyl (C=O) groups is 1. The van der Waals surface area contributed by atoms with Crippen LogP contribution in [0, 0.1) is 0 Å². The van der Waals surface area contributed by atoms with E-state index < -0.39 is 0 Å². The minimum Gasteiger partial charge on any atom is -0.493 e. The third-order valence-electron chi connectivity index (χ3n) is 3.28. The second-order valence-electron chi connectivity index (χ2n) is 4.70. The fourth-order valence-electron chi connectivity index (χ4n) is 2.13. The van der Waals surface area contributed by atoms with Crippen LogP contribution in [0.5, 0.6) is 11.5 Å². The lowest BCUT2D eigenvalue weighted by atomic mass is 10.1. The van der Waals surface area contributed by atoms with Gasteiger partial charge < -0.3 is 14.2 Å². The van der Waals surface area contributed by atoms with E-state index in [1.165, 1.54) is 0 Å². The molecule has 0 aliphatic heterocycles. The summed E-state index contributed by atoms with van der Waals surface area (Å²) < 4.78 is 16.6. The van der Waals surface area contributed by atoms with Crippen molar-refractivity contribution in [3.05, 3.63) is 59.2 Å². The lowest BCUT2D eigenvalue weighted by molar-refractivity contribution is 0.110. The Hall–Kier alpha value is -2.33. The van der Waals surface area contributed by atoms with E-state index in [1.807, 2.05) is 43.3 Å². The summed E-state index contributed by atoms with van der Waals surface area (Å²) >= 11 is 0. The van der Waals surface area contributed by atoms with Gasteiger partial charge in [0.1, 0.15) is 6.61 Å². The third-order valence-corrected chi connectivity index (χ3v) is 3.28. The Balaban J connectivity index is 2.27. The van der Waals surface area contributed by atoms with Crippen molar-refractivity contribution >= 4 is 6.29 Å². The van der Waals surface area contributed by atoms with E-state index in [0.29, 0.717) is 36.9 Å². The lowest BCUT2D eigenvalue weighted by Crippen LogP contribution is -2.05. The molecule has 0 N–H and O–H groups in total. The van der Waals surface area contributed by atoms with Crippen LogP contribution >= 0.6 is 0 Å². The molecule has 0 aliphatic carbocycles. The molecule has 0 radical (unpaired) electrons. The predicted molar refractivity (Wildman–Crippen MR) is 84.5 cm³/mol. The van der Waals surface area contributed by atoms with Gasteiger partial charge in [0.2, 0.25) is 0 Å². The molecule has 0 fully saturated rings. The normalized spacial score (nSPS) is 10.3. The fraction of sp³-hybridized carbons (Fsp3) is 0.278. The van der Waals surface area contributed by atoms with E-state index in [-0.39, 0.29) is 0 Å². The SMILES string of the molecule is CCOCc1ccc(OC)c(OCc2ccccc2)c1C=O. The topological polar surface area (TPSA) is 44.8 Å². The molecule has 0 spiro atoms. The van der Waals surface area contributed by atoms with Gasteiger partial charge in [-0.15, -0.1) is 0 Å². The minimum atomic E-state index is 0.371. The lowest BCUT2D eigenvalue weighted by Gasteiger charge is -2.15. The van der Waals surface area contributed by atoms with Crippen LogP contribution in [0.3, 0.4) is 0 Å². The largest absolute Gasteiger partial charge is 0.493 e. The highest BCUT2D eigenvalue weighted by atomic mass is 16.5. The van der Waals surface area contributed by atoms with Gasteiger partial charge in [-0.25, -0.2) is 0 Å². The molecule has 0 aliphatic rings.